The van der Waals surface area contributed by atoms with Gasteiger partial charge in [0.05, 0.1) is 17.8 Å². The summed E-state index contributed by atoms with van der Waals surface area (Å²) >= 11 is 0. The van der Waals surface area contributed by atoms with E-state index in [1.54, 1.807) is 12.4 Å². The Balaban J connectivity index is 1.58. The van der Waals surface area contributed by atoms with E-state index in [-0.39, 0.29) is 11.3 Å². The quantitative estimate of drug-likeness (QED) is 0.765. The minimum Gasteiger partial charge on any atom is -0.364 e. The van der Waals surface area contributed by atoms with Crippen molar-refractivity contribution in [3.63, 3.8) is 0 Å². The van der Waals surface area contributed by atoms with Gasteiger partial charge in [-0.1, -0.05) is 5.16 Å². The summed E-state index contributed by atoms with van der Waals surface area (Å²) in [6, 6.07) is 1.58. The van der Waals surface area contributed by atoms with Crippen molar-refractivity contribution in [2.24, 2.45) is 0 Å². The summed E-state index contributed by atoms with van der Waals surface area (Å²) in [5.41, 5.74) is 0.301. The van der Waals surface area contributed by atoms with E-state index in [0.29, 0.717) is 38.4 Å². The first kappa shape index (κ1) is 18.0. The van der Waals surface area contributed by atoms with Crippen molar-refractivity contribution < 1.29 is 12.9 Å². The molecule has 3 rings (SSSR count). The first-order valence-electron chi connectivity index (χ1n) is 8.24. The predicted octanol–water partition coefficient (Wildman–Crippen LogP) is 0.669. The third-order valence-corrected chi connectivity index (χ3v) is 5.98. The van der Waals surface area contributed by atoms with E-state index in [0.717, 1.165) is 5.82 Å². The second-order valence-electron chi connectivity index (χ2n) is 7.18. The Labute approximate surface area is 147 Å². The standard InChI is InChI=1S/C15H24N6O3S/c1-15(2,3)21-14(16-12-17-21)10-19-5-7-20(8-6-19)25(22,23)11-13-4-9-24-18-13/h4,9,12H,5-8,10-11H2,1-3H3. The maximum Gasteiger partial charge on any atom is 0.220 e. The minimum absolute atomic E-state index is 0.123. The highest BCUT2D eigenvalue weighted by molar-refractivity contribution is 7.88. The molecule has 1 fully saturated rings. The molecule has 0 atom stereocenters. The molecule has 0 aliphatic carbocycles. The lowest BCUT2D eigenvalue weighted by Crippen LogP contribution is -2.48. The molecule has 0 saturated carbocycles. The number of rotatable bonds is 5. The van der Waals surface area contributed by atoms with E-state index in [9.17, 15) is 8.42 Å². The molecule has 10 heteroatoms. The lowest BCUT2D eigenvalue weighted by molar-refractivity contribution is 0.171. The van der Waals surface area contributed by atoms with Crippen molar-refractivity contribution in [3.8, 4) is 0 Å². The first-order valence-corrected chi connectivity index (χ1v) is 9.85. The normalized spacial score (nSPS) is 17.9. The van der Waals surface area contributed by atoms with E-state index in [4.69, 9.17) is 4.52 Å². The fraction of sp³-hybridized carbons (Fsp3) is 0.667. The molecule has 0 aromatic carbocycles. The summed E-state index contributed by atoms with van der Waals surface area (Å²) in [5.74, 6) is 0.772. The van der Waals surface area contributed by atoms with Crippen molar-refractivity contribution in [2.75, 3.05) is 26.2 Å². The molecule has 1 saturated heterocycles. The molecule has 1 aliphatic rings. The van der Waals surface area contributed by atoms with Gasteiger partial charge in [-0.2, -0.15) is 9.40 Å². The Morgan fingerprint density at radius 1 is 1.20 bits per heavy atom. The molecule has 2 aromatic rings. The molecule has 0 unspecified atom stereocenters. The third-order valence-electron chi connectivity index (χ3n) is 4.16. The number of hydrogen-bond donors (Lipinski definition) is 0. The lowest BCUT2D eigenvalue weighted by atomic mass is 10.1. The topological polar surface area (TPSA) is 97.4 Å². The highest BCUT2D eigenvalue weighted by Crippen LogP contribution is 2.17. The molecule has 2 aromatic heterocycles. The van der Waals surface area contributed by atoms with Gasteiger partial charge in [-0.05, 0) is 20.8 Å². The van der Waals surface area contributed by atoms with Gasteiger partial charge in [-0.15, -0.1) is 0 Å². The lowest BCUT2D eigenvalue weighted by Gasteiger charge is -2.34. The van der Waals surface area contributed by atoms with Crippen LogP contribution in [0.5, 0.6) is 0 Å². The molecule has 0 spiro atoms. The SMILES string of the molecule is CC(C)(C)n1ncnc1CN1CCN(S(=O)(=O)Cc2ccon2)CC1. The monoisotopic (exact) mass is 368 g/mol. The smallest absolute Gasteiger partial charge is 0.220 e. The van der Waals surface area contributed by atoms with E-state index in [1.165, 1.54) is 10.6 Å². The number of piperazine rings is 1. The zero-order valence-corrected chi connectivity index (χ0v) is 15.6. The Kier molecular flexibility index (Phi) is 4.94. The van der Waals surface area contributed by atoms with Crippen LogP contribution in [0.25, 0.3) is 0 Å². The highest BCUT2D eigenvalue weighted by atomic mass is 32.2. The Bertz CT molecular complexity index is 786. The Morgan fingerprint density at radius 3 is 2.52 bits per heavy atom. The summed E-state index contributed by atoms with van der Waals surface area (Å²) in [6.45, 7) is 9.16. The highest BCUT2D eigenvalue weighted by Gasteiger charge is 2.29. The molecule has 3 heterocycles. The summed E-state index contributed by atoms with van der Waals surface area (Å²) < 4.78 is 33.1. The van der Waals surface area contributed by atoms with E-state index in [2.05, 4.69) is 40.9 Å². The number of sulfonamides is 1. The first-order chi connectivity index (χ1) is 11.8. The molecule has 0 bridgehead atoms. The van der Waals surface area contributed by atoms with Crippen LogP contribution >= 0.6 is 0 Å². The molecule has 0 radical (unpaired) electrons. The van der Waals surface area contributed by atoms with Crippen LogP contribution in [0.3, 0.4) is 0 Å². The maximum absolute atomic E-state index is 12.5. The van der Waals surface area contributed by atoms with Crippen LogP contribution in [0.2, 0.25) is 0 Å². The van der Waals surface area contributed by atoms with Crippen LogP contribution < -0.4 is 0 Å². The summed E-state index contributed by atoms with van der Waals surface area (Å²) in [5, 5.41) is 7.99. The van der Waals surface area contributed by atoms with E-state index < -0.39 is 10.0 Å². The number of nitrogens with zero attached hydrogens (tertiary/aromatic N) is 6. The average Bonchev–Trinajstić information content (AvgIpc) is 3.18. The van der Waals surface area contributed by atoms with Gasteiger partial charge in [0.2, 0.25) is 10.0 Å². The molecule has 25 heavy (non-hydrogen) atoms. The van der Waals surface area contributed by atoms with Gasteiger partial charge in [0.1, 0.15) is 24.2 Å². The maximum atomic E-state index is 12.5. The van der Waals surface area contributed by atoms with Crippen LogP contribution in [-0.2, 0) is 27.9 Å². The fourth-order valence-electron chi connectivity index (χ4n) is 2.89. The van der Waals surface area contributed by atoms with Gasteiger partial charge in [-0.3, -0.25) is 4.90 Å². The van der Waals surface area contributed by atoms with E-state index in [1.807, 2.05) is 4.68 Å². The second-order valence-corrected chi connectivity index (χ2v) is 9.15. The summed E-state index contributed by atoms with van der Waals surface area (Å²) in [6.07, 6.45) is 2.95. The Morgan fingerprint density at radius 2 is 1.92 bits per heavy atom. The average molecular weight is 368 g/mol. The van der Waals surface area contributed by atoms with Gasteiger partial charge >= 0.3 is 0 Å². The third kappa shape index (κ3) is 4.25. The molecule has 9 nitrogen and oxygen atoms in total. The van der Waals surface area contributed by atoms with Gasteiger partial charge in [0.15, 0.2) is 0 Å². The van der Waals surface area contributed by atoms with Crippen LogP contribution in [0.15, 0.2) is 23.2 Å². The number of aromatic nitrogens is 4. The van der Waals surface area contributed by atoms with Crippen molar-refractivity contribution in [1.29, 1.82) is 0 Å². The van der Waals surface area contributed by atoms with Crippen LogP contribution in [0.4, 0.5) is 0 Å². The largest absolute Gasteiger partial charge is 0.364 e. The zero-order valence-electron chi connectivity index (χ0n) is 14.8. The molecule has 138 valence electrons. The summed E-state index contributed by atoms with van der Waals surface area (Å²) in [4.78, 5) is 6.56. The molecular weight excluding hydrogens is 344 g/mol. The van der Waals surface area contributed by atoms with Gasteiger partial charge < -0.3 is 4.52 Å². The second kappa shape index (κ2) is 6.85. The van der Waals surface area contributed by atoms with E-state index >= 15 is 0 Å². The van der Waals surface area contributed by atoms with Crippen molar-refractivity contribution in [1.82, 2.24) is 29.1 Å². The van der Waals surface area contributed by atoms with Crippen molar-refractivity contribution in [3.05, 3.63) is 30.2 Å². The molecule has 0 N–H and O–H groups in total. The van der Waals surface area contributed by atoms with Gasteiger partial charge in [0, 0.05) is 32.2 Å². The molecule has 1 aliphatic heterocycles. The molecule has 0 amide bonds. The van der Waals surface area contributed by atoms with Gasteiger partial charge in [0.25, 0.3) is 0 Å². The predicted molar refractivity (Wildman–Crippen MR) is 91.0 cm³/mol. The molecular formula is C15H24N6O3S. The fourth-order valence-corrected chi connectivity index (χ4v) is 4.31. The zero-order chi connectivity index (χ0) is 18.1. The van der Waals surface area contributed by atoms with Crippen LogP contribution in [-0.4, -0.2) is 63.7 Å². The number of hydrogen-bond acceptors (Lipinski definition) is 7. The van der Waals surface area contributed by atoms with Crippen molar-refractivity contribution in [2.45, 2.75) is 38.6 Å². The van der Waals surface area contributed by atoms with Crippen molar-refractivity contribution >= 4 is 10.0 Å². The van der Waals surface area contributed by atoms with Crippen LogP contribution in [0.1, 0.15) is 32.3 Å². The Hall–Kier alpha value is -1.78. The van der Waals surface area contributed by atoms with Gasteiger partial charge in [-0.25, -0.2) is 18.1 Å². The summed E-state index contributed by atoms with van der Waals surface area (Å²) in [7, 11) is -3.37. The van der Waals surface area contributed by atoms with Crippen LogP contribution in [0, 0.1) is 0 Å². The minimum atomic E-state index is -3.37.